The summed E-state index contributed by atoms with van der Waals surface area (Å²) in [7, 11) is 1.62. The summed E-state index contributed by atoms with van der Waals surface area (Å²) in [4.78, 5) is 32.9. The minimum Gasteiger partial charge on any atom is -0.497 e. The number of anilines is 1. The minimum atomic E-state index is -0.354. The molecule has 1 amide bonds. The Bertz CT molecular complexity index is 1460. The van der Waals surface area contributed by atoms with E-state index in [0.717, 1.165) is 60.6 Å². The number of carbonyl (C=O) groups is 2. The van der Waals surface area contributed by atoms with Crippen molar-refractivity contribution in [2.24, 2.45) is 0 Å². The summed E-state index contributed by atoms with van der Waals surface area (Å²) in [6.07, 6.45) is 5.75. The lowest BCUT2D eigenvalue weighted by atomic mass is 10.0. The number of ether oxygens (including phenoxy) is 2. The van der Waals surface area contributed by atoms with Gasteiger partial charge in [-0.1, -0.05) is 43.7 Å². The Labute approximate surface area is 220 Å². The first-order valence-corrected chi connectivity index (χ1v) is 13.6. The van der Waals surface area contributed by atoms with Crippen LogP contribution in [-0.4, -0.2) is 30.6 Å². The number of thiophene rings is 1. The first-order valence-electron chi connectivity index (χ1n) is 12.8. The third-order valence-corrected chi connectivity index (χ3v) is 7.82. The van der Waals surface area contributed by atoms with Gasteiger partial charge in [0, 0.05) is 15.8 Å². The van der Waals surface area contributed by atoms with Gasteiger partial charge in [0.05, 0.1) is 36.1 Å². The minimum absolute atomic E-state index is 0.274. The molecule has 37 heavy (non-hydrogen) atoms. The highest BCUT2D eigenvalue weighted by Crippen LogP contribution is 2.38. The number of amides is 1. The van der Waals surface area contributed by atoms with E-state index >= 15 is 0 Å². The van der Waals surface area contributed by atoms with Gasteiger partial charge in [-0.25, -0.2) is 9.78 Å². The summed E-state index contributed by atoms with van der Waals surface area (Å²) in [5.74, 6) is 0.0886. The van der Waals surface area contributed by atoms with Gasteiger partial charge >= 0.3 is 5.97 Å². The summed E-state index contributed by atoms with van der Waals surface area (Å²) in [5, 5.41) is 4.40. The number of esters is 1. The number of nitrogens with zero attached hydrogens (tertiary/aromatic N) is 1. The number of carbonyl (C=O) groups excluding carboxylic acids is 2. The summed E-state index contributed by atoms with van der Waals surface area (Å²) >= 11 is 1.51. The maximum Gasteiger partial charge on any atom is 0.341 e. The van der Waals surface area contributed by atoms with E-state index in [1.807, 2.05) is 55.5 Å². The van der Waals surface area contributed by atoms with Crippen LogP contribution in [0.2, 0.25) is 0 Å². The van der Waals surface area contributed by atoms with E-state index in [1.165, 1.54) is 16.2 Å². The van der Waals surface area contributed by atoms with Crippen LogP contribution in [0, 0.1) is 0 Å². The number of pyridine rings is 1. The number of para-hydroxylation sites is 1. The van der Waals surface area contributed by atoms with E-state index in [0.29, 0.717) is 34.2 Å². The van der Waals surface area contributed by atoms with Crippen molar-refractivity contribution in [2.75, 3.05) is 19.0 Å². The normalized spacial score (nSPS) is 13.0. The molecule has 0 unspecified atom stereocenters. The Balaban J connectivity index is 1.56. The number of methoxy groups -OCH3 is 1. The van der Waals surface area contributed by atoms with Crippen molar-refractivity contribution in [2.45, 2.75) is 45.4 Å². The summed E-state index contributed by atoms with van der Waals surface area (Å²) in [6.45, 7) is 2.33. The Morgan fingerprint density at radius 2 is 1.86 bits per heavy atom. The third kappa shape index (κ3) is 5.23. The number of rotatable bonds is 7. The molecule has 0 bridgehead atoms. The molecule has 0 fully saturated rings. The van der Waals surface area contributed by atoms with E-state index in [2.05, 4.69) is 5.32 Å². The Morgan fingerprint density at radius 3 is 2.70 bits per heavy atom. The monoisotopic (exact) mass is 514 g/mol. The molecule has 0 radical (unpaired) electrons. The first kappa shape index (κ1) is 25.0. The van der Waals surface area contributed by atoms with Gasteiger partial charge in [0.25, 0.3) is 5.91 Å². The van der Waals surface area contributed by atoms with Crippen molar-refractivity contribution in [1.29, 1.82) is 0 Å². The van der Waals surface area contributed by atoms with Gasteiger partial charge in [0.1, 0.15) is 10.8 Å². The quantitative estimate of drug-likeness (QED) is 0.211. The van der Waals surface area contributed by atoms with Crippen molar-refractivity contribution in [1.82, 2.24) is 4.98 Å². The fraction of sp³-hybridized carbons (Fsp3) is 0.300. The summed E-state index contributed by atoms with van der Waals surface area (Å²) in [5.41, 5.74) is 4.31. The number of fused-ring (bicyclic) bond motifs is 2. The second-order valence-corrected chi connectivity index (χ2v) is 10.3. The SMILES string of the molecule is CCCOC(=O)c1c(NC(=O)c2cc(-c3cccc(OC)c3)nc3ccccc23)sc2c1CCCCC2. The molecule has 1 N–H and O–H groups in total. The number of hydrogen-bond acceptors (Lipinski definition) is 6. The molecule has 4 aromatic rings. The van der Waals surface area contributed by atoms with Gasteiger partial charge in [0.15, 0.2) is 0 Å². The lowest BCUT2D eigenvalue weighted by Crippen LogP contribution is -2.16. The molecule has 0 spiro atoms. The second-order valence-electron chi connectivity index (χ2n) is 9.16. The van der Waals surface area contributed by atoms with Crippen LogP contribution in [0.25, 0.3) is 22.2 Å². The van der Waals surface area contributed by atoms with Crippen molar-refractivity contribution in [3.63, 3.8) is 0 Å². The summed E-state index contributed by atoms with van der Waals surface area (Å²) in [6, 6.07) is 17.0. The van der Waals surface area contributed by atoms with Crippen LogP contribution in [0.5, 0.6) is 5.75 Å². The van der Waals surface area contributed by atoms with Crippen LogP contribution < -0.4 is 10.1 Å². The zero-order chi connectivity index (χ0) is 25.8. The maximum atomic E-state index is 13.8. The molecule has 6 nitrogen and oxygen atoms in total. The number of nitrogens with one attached hydrogen (secondary N) is 1. The van der Waals surface area contributed by atoms with Gasteiger partial charge in [-0.05, 0) is 61.9 Å². The van der Waals surface area contributed by atoms with E-state index in [-0.39, 0.29) is 11.9 Å². The van der Waals surface area contributed by atoms with Crippen LogP contribution in [0.3, 0.4) is 0 Å². The van der Waals surface area contributed by atoms with E-state index in [9.17, 15) is 9.59 Å². The zero-order valence-corrected chi connectivity index (χ0v) is 22.0. The predicted molar refractivity (Wildman–Crippen MR) is 148 cm³/mol. The van der Waals surface area contributed by atoms with Crippen molar-refractivity contribution < 1.29 is 19.1 Å². The molecule has 2 aromatic carbocycles. The number of hydrogen-bond donors (Lipinski definition) is 1. The van der Waals surface area contributed by atoms with Crippen molar-refractivity contribution >= 4 is 39.1 Å². The van der Waals surface area contributed by atoms with Crippen LogP contribution in [0.1, 0.15) is 63.8 Å². The highest BCUT2D eigenvalue weighted by molar-refractivity contribution is 7.17. The van der Waals surface area contributed by atoms with Gasteiger partial charge < -0.3 is 14.8 Å². The molecule has 0 atom stereocenters. The third-order valence-electron chi connectivity index (χ3n) is 6.62. The molecule has 2 aromatic heterocycles. The first-order chi connectivity index (χ1) is 18.1. The van der Waals surface area contributed by atoms with Crippen LogP contribution in [0.15, 0.2) is 54.6 Å². The Morgan fingerprint density at radius 1 is 1.03 bits per heavy atom. The fourth-order valence-corrected chi connectivity index (χ4v) is 6.05. The molecule has 2 heterocycles. The molecule has 7 heteroatoms. The lowest BCUT2D eigenvalue weighted by Gasteiger charge is -2.12. The average Bonchev–Trinajstić information content (AvgIpc) is 3.10. The van der Waals surface area contributed by atoms with Crippen molar-refractivity contribution in [3.8, 4) is 17.0 Å². The molecule has 0 aliphatic heterocycles. The van der Waals surface area contributed by atoms with E-state index < -0.39 is 0 Å². The molecular weight excluding hydrogens is 484 g/mol. The highest BCUT2D eigenvalue weighted by Gasteiger charge is 2.27. The van der Waals surface area contributed by atoms with Crippen molar-refractivity contribution in [3.05, 3.63) is 76.2 Å². The van der Waals surface area contributed by atoms with Crippen LogP contribution in [-0.2, 0) is 17.6 Å². The molecule has 1 aliphatic rings. The smallest absolute Gasteiger partial charge is 0.341 e. The highest BCUT2D eigenvalue weighted by atomic mass is 32.1. The Hall–Kier alpha value is -3.71. The molecular formula is C30H30N2O4S. The molecule has 5 rings (SSSR count). The topological polar surface area (TPSA) is 77.5 Å². The van der Waals surface area contributed by atoms with Gasteiger partial charge in [-0.2, -0.15) is 0 Å². The molecule has 0 saturated heterocycles. The van der Waals surface area contributed by atoms with Crippen LogP contribution in [0.4, 0.5) is 5.00 Å². The standard InChI is InChI=1S/C30H30N2O4S/c1-3-16-36-30(34)27-22-13-5-4-6-15-26(22)37-29(27)32-28(33)23-18-25(19-10-9-11-20(17-19)35-2)31-24-14-8-7-12-21(23)24/h7-12,14,17-18H,3-6,13,15-16H2,1-2H3,(H,32,33). The largest absolute Gasteiger partial charge is 0.497 e. The van der Waals surface area contributed by atoms with E-state index in [1.54, 1.807) is 13.2 Å². The number of benzene rings is 2. The molecule has 0 saturated carbocycles. The second kappa shape index (κ2) is 11.1. The number of aryl methyl sites for hydroxylation is 1. The van der Waals surface area contributed by atoms with Crippen LogP contribution >= 0.6 is 11.3 Å². The lowest BCUT2D eigenvalue weighted by molar-refractivity contribution is 0.0505. The predicted octanol–water partition coefficient (Wildman–Crippen LogP) is 7.06. The summed E-state index contributed by atoms with van der Waals surface area (Å²) < 4.78 is 10.9. The molecule has 190 valence electrons. The number of aromatic nitrogens is 1. The van der Waals surface area contributed by atoms with Gasteiger partial charge in [0.2, 0.25) is 0 Å². The molecule has 1 aliphatic carbocycles. The Kier molecular flexibility index (Phi) is 7.51. The maximum absolute atomic E-state index is 13.8. The van der Waals surface area contributed by atoms with E-state index in [4.69, 9.17) is 14.5 Å². The zero-order valence-electron chi connectivity index (χ0n) is 21.1. The average molecular weight is 515 g/mol. The fourth-order valence-electron chi connectivity index (χ4n) is 4.78. The van der Waals surface area contributed by atoms with Gasteiger partial charge in [-0.3, -0.25) is 4.79 Å². The van der Waals surface area contributed by atoms with Gasteiger partial charge in [-0.15, -0.1) is 11.3 Å².